The summed E-state index contributed by atoms with van der Waals surface area (Å²) in [5.41, 5.74) is 0.646. The van der Waals surface area contributed by atoms with Crippen LogP contribution in [0, 0.1) is 6.92 Å². The predicted molar refractivity (Wildman–Crippen MR) is 90.0 cm³/mol. The molecule has 3 aromatic rings. The van der Waals surface area contributed by atoms with E-state index < -0.39 is 0 Å². The van der Waals surface area contributed by atoms with Gasteiger partial charge in [-0.3, -0.25) is 9.36 Å². The van der Waals surface area contributed by atoms with Crippen molar-refractivity contribution in [3.8, 4) is 0 Å². The first kappa shape index (κ1) is 15.4. The molecule has 118 valence electrons. The lowest BCUT2D eigenvalue weighted by Gasteiger charge is -2.10. The van der Waals surface area contributed by atoms with Crippen molar-refractivity contribution in [2.45, 2.75) is 19.9 Å². The van der Waals surface area contributed by atoms with Gasteiger partial charge in [0, 0.05) is 6.54 Å². The van der Waals surface area contributed by atoms with E-state index in [1.165, 1.54) is 11.3 Å². The van der Waals surface area contributed by atoms with Crippen LogP contribution in [-0.4, -0.2) is 22.1 Å². The molecule has 0 radical (unpaired) electrons. The lowest BCUT2D eigenvalue weighted by Crippen LogP contribution is -2.24. The maximum atomic E-state index is 12.5. The number of para-hydroxylation sites is 1. The van der Waals surface area contributed by atoms with Gasteiger partial charge in [-0.25, -0.2) is 9.78 Å². The van der Waals surface area contributed by atoms with Crippen LogP contribution in [0.1, 0.15) is 21.9 Å². The van der Waals surface area contributed by atoms with Crippen LogP contribution < -0.4 is 5.56 Å². The van der Waals surface area contributed by atoms with Gasteiger partial charge >= 0.3 is 5.97 Å². The molecule has 2 aromatic heterocycles. The summed E-state index contributed by atoms with van der Waals surface area (Å²) in [6, 6.07) is 10.8. The average Bonchev–Trinajstić information content (AvgIpc) is 3.08. The van der Waals surface area contributed by atoms with Gasteiger partial charge in [-0.2, -0.15) is 0 Å². The largest absolute Gasteiger partial charge is 0.461 e. The van der Waals surface area contributed by atoms with Crippen molar-refractivity contribution in [1.82, 2.24) is 9.55 Å². The summed E-state index contributed by atoms with van der Waals surface area (Å²) in [4.78, 5) is 29.3. The first-order valence-corrected chi connectivity index (χ1v) is 8.21. The third-order valence-electron chi connectivity index (χ3n) is 3.53. The molecule has 6 heteroatoms. The lowest BCUT2D eigenvalue weighted by atomic mass is 10.2. The molecule has 23 heavy (non-hydrogen) atoms. The maximum absolute atomic E-state index is 12.5. The van der Waals surface area contributed by atoms with Crippen molar-refractivity contribution in [3.05, 3.63) is 62.8 Å². The minimum absolute atomic E-state index is 0.0577. The van der Waals surface area contributed by atoms with E-state index >= 15 is 0 Å². The van der Waals surface area contributed by atoms with Crippen LogP contribution in [0.5, 0.6) is 0 Å². The highest BCUT2D eigenvalue weighted by Crippen LogP contribution is 2.10. The van der Waals surface area contributed by atoms with Crippen LogP contribution in [0.2, 0.25) is 0 Å². The number of ether oxygens (including phenoxy) is 1. The normalized spacial score (nSPS) is 10.8. The number of carbonyl (C=O) groups is 1. The van der Waals surface area contributed by atoms with Crippen LogP contribution >= 0.6 is 11.3 Å². The van der Waals surface area contributed by atoms with Crippen LogP contribution in [-0.2, 0) is 11.3 Å². The zero-order valence-corrected chi connectivity index (χ0v) is 13.5. The number of nitrogens with zero attached hydrogens (tertiary/aromatic N) is 2. The number of esters is 1. The van der Waals surface area contributed by atoms with E-state index in [9.17, 15) is 9.59 Å². The van der Waals surface area contributed by atoms with Crippen molar-refractivity contribution in [2.24, 2.45) is 0 Å². The van der Waals surface area contributed by atoms with Gasteiger partial charge in [-0.15, -0.1) is 11.3 Å². The fourth-order valence-electron chi connectivity index (χ4n) is 2.40. The van der Waals surface area contributed by atoms with E-state index in [0.717, 1.165) is 0 Å². The second-order valence-electron chi connectivity index (χ2n) is 5.10. The van der Waals surface area contributed by atoms with Gasteiger partial charge in [-0.05, 0) is 36.9 Å². The summed E-state index contributed by atoms with van der Waals surface area (Å²) in [6.45, 7) is 2.56. The molecule has 0 spiro atoms. The zero-order valence-electron chi connectivity index (χ0n) is 12.7. The standard InChI is InChI=1S/C17H16N2O3S/c1-12-18-14-7-3-2-6-13(14)16(20)19(12)9-5-10-22-17(21)15-8-4-11-23-15/h2-4,6-8,11H,5,9-10H2,1H3. The highest BCUT2D eigenvalue weighted by Gasteiger charge is 2.09. The zero-order chi connectivity index (χ0) is 16.2. The van der Waals surface area contributed by atoms with Crippen molar-refractivity contribution in [1.29, 1.82) is 0 Å². The number of benzene rings is 1. The SMILES string of the molecule is Cc1nc2ccccc2c(=O)n1CCCOC(=O)c1cccs1. The number of aromatic nitrogens is 2. The highest BCUT2D eigenvalue weighted by molar-refractivity contribution is 7.11. The van der Waals surface area contributed by atoms with Crippen LogP contribution in [0.4, 0.5) is 0 Å². The number of hydrogen-bond acceptors (Lipinski definition) is 5. The van der Waals surface area contributed by atoms with Crippen LogP contribution in [0.15, 0.2) is 46.6 Å². The Kier molecular flexibility index (Phi) is 4.52. The van der Waals surface area contributed by atoms with E-state index in [1.807, 2.05) is 36.6 Å². The van der Waals surface area contributed by atoms with Crippen LogP contribution in [0.3, 0.4) is 0 Å². The summed E-state index contributed by atoms with van der Waals surface area (Å²) < 4.78 is 6.84. The van der Waals surface area contributed by atoms with Crippen LogP contribution in [0.25, 0.3) is 10.9 Å². The second-order valence-corrected chi connectivity index (χ2v) is 6.05. The third kappa shape index (κ3) is 3.32. The van der Waals surface area contributed by atoms with Gasteiger partial charge in [0.25, 0.3) is 5.56 Å². The van der Waals surface area contributed by atoms with Gasteiger partial charge in [0.15, 0.2) is 0 Å². The fraction of sp³-hybridized carbons (Fsp3) is 0.235. The van der Waals surface area contributed by atoms with E-state index in [-0.39, 0.29) is 18.1 Å². The molecule has 3 rings (SSSR count). The Labute approximate surface area is 137 Å². The summed E-state index contributed by atoms with van der Waals surface area (Å²) >= 11 is 1.35. The molecule has 0 N–H and O–H groups in total. The Hall–Kier alpha value is -2.47. The van der Waals surface area contributed by atoms with E-state index in [4.69, 9.17) is 4.74 Å². The summed E-state index contributed by atoms with van der Waals surface area (Å²) in [5.74, 6) is 0.346. The molecule has 0 unspecified atom stereocenters. The topological polar surface area (TPSA) is 61.2 Å². The van der Waals surface area contributed by atoms with Crippen molar-refractivity contribution in [3.63, 3.8) is 0 Å². The highest BCUT2D eigenvalue weighted by atomic mass is 32.1. The first-order valence-electron chi connectivity index (χ1n) is 7.33. The molecule has 0 saturated carbocycles. The molecular formula is C17H16N2O3S. The molecule has 0 aliphatic rings. The van der Waals surface area contributed by atoms with Gasteiger partial charge < -0.3 is 4.74 Å². The number of carbonyl (C=O) groups excluding carboxylic acids is 1. The molecule has 0 bridgehead atoms. The van der Waals surface area contributed by atoms with E-state index in [0.29, 0.717) is 34.6 Å². The fourth-order valence-corrected chi connectivity index (χ4v) is 3.01. The number of aryl methyl sites for hydroxylation is 1. The van der Waals surface area contributed by atoms with Gasteiger partial charge in [0.05, 0.1) is 17.5 Å². The van der Waals surface area contributed by atoms with Crippen molar-refractivity contribution >= 4 is 28.2 Å². The summed E-state index contributed by atoms with van der Waals surface area (Å²) in [5, 5.41) is 2.44. The Morgan fingerprint density at radius 3 is 2.87 bits per heavy atom. The van der Waals surface area contributed by atoms with E-state index in [1.54, 1.807) is 16.7 Å². The molecule has 2 heterocycles. The minimum atomic E-state index is -0.319. The van der Waals surface area contributed by atoms with Crippen molar-refractivity contribution in [2.75, 3.05) is 6.61 Å². The molecule has 0 saturated heterocycles. The number of fused-ring (bicyclic) bond motifs is 1. The molecule has 1 aromatic carbocycles. The molecule has 0 atom stereocenters. The monoisotopic (exact) mass is 328 g/mol. The Bertz CT molecular complexity index is 884. The van der Waals surface area contributed by atoms with E-state index in [2.05, 4.69) is 4.98 Å². The Morgan fingerprint density at radius 1 is 1.26 bits per heavy atom. The average molecular weight is 328 g/mol. The quantitative estimate of drug-likeness (QED) is 0.533. The number of hydrogen-bond donors (Lipinski definition) is 0. The molecule has 0 aliphatic heterocycles. The smallest absolute Gasteiger partial charge is 0.348 e. The van der Waals surface area contributed by atoms with Gasteiger partial charge in [0.2, 0.25) is 0 Å². The second kappa shape index (κ2) is 6.75. The van der Waals surface area contributed by atoms with Gasteiger partial charge in [-0.1, -0.05) is 18.2 Å². The molecular weight excluding hydrogens is 312 g/mol. The maximum Gasteiger partial charge on any atom is 0.348 e. The first-order chi connectivity index (χ1) is 11.2. The van der Waals surface area contributed by atoms with Gasteiger partial charge in [0.1, 0.15) is 10.7 Å². The number of rotatable bonds is 5. The molecule has 0 aliphatic carbocycles. The lowest BCUT2D eigenvalue weighted by molar-refractivity contribution is 0.0501. The number of thiophene rings is 1. The molecule has 0 fully saturated rings. The Morgan fingerprint density at radius 2 is 2.09 bits per heavy atom. The summed E-state index contributed by atoms with van der Waals surface area (Å²) in [6.07, 6.45) is 0.567. The minimum Gasteiger partial charge on any atom is -0.461 e. The predicted octanol–water partition coefficient (Wildman–Crippen LogP) is 3.01. The van der Waals surface area contributed by atoms with Crippen molar-refractivity contribution < 1.29 is 9.53 Å². The summed E-state index contributed by atoms with van der Waals surface area (Å²) in [7, 11) is 0. The molecule has 0 amide bonds. The third-order valence-corrected chi connectivity index (χ3v) is 4.38. The Balaban J connectivity index is 1.66. The molecule has 5 nitrogen and oxygen atoms in total.